The number of carbonyl (C=O) groups is 1. The minimum absolute atomic E-state index is 0.119. The molecule has 0 radical (unpaired) electrons. The lowest BCUT2D eigenvalue weighted by molar-refractivity contribution is -0.119. The zero-order valence-corrected chi connectivity index (χ0v) is 11.9. The molecule has 1 heterocycles. The van der Waals surface area contributed by atoms with Crippen LogP contribution in [0.4, 0.5) is 5.82 Å². The number of amides is 1. The number of aromatic nitrogens is 1. The molecule has 1 aliphatic carbocycles. The second-order valence-electron chi connectivity index (χ2n) is 4.96. The number of hydrogen-bond donors (Lipinski definition) is 2. The van der Waals surface area contributed by atoms with Gasteiger partial charge in [0.15, 0.2) is 0 Å². The molecule has 1 saturated carbocycles. The van der Waals surface area contributed by atoms with Crippen molar-refractivity contribution < 1.29 is 4.79 Å². The highest BCUT2D eigenvalue weighted by molar-refractivity contribution is 8.00. The van der Waals surface area contributed by atoms with Crippen LogP contribution in [0.25, 0.3) is 0 Å². The predicted octanol–water partition coefficient (Wildman–Crippen LogP) is 2.59. The van der Waals surface area contributed by atoms with Crippen molar-refractivity contribution in [2.45, 2.75) is 49.5 Å². The summed E-state index contributed by atoms with van der Waals surface area (Å²) < 4.78 is 0. The molecule has 19 heavy (non-hydrogen) atoms. The smallest absolute Gasteiger partial charge is 0.230 e. The van der Waals surface area contributed by atoms with Gasteiger partial charge in [-0.05, 0) is 25.0 Å². The molecule has 0 atom stereocenters. The first-order chi connectivity index (χ1) is 9.24. The molecule has 5 heteroatoms. The SMILES string of the molecule is Nc1ccc(SCC(=O)NC2CCCCCC2)cn1. The Hall–Kier alpha value is -1.23. The van der Waals surface area contributed by atoms with E-state index in [2.05, 4.69) is 10.3 Å². The van der Waals surface area contributed by atoms with Gasteiger partial charge in [0.1, 0.15) is 5.82 Å². The first-order valence-corrected chi connectivity index (χ1v) is 7.86. The highest BCUT2D eigenvalue weighted by atomic mass is 32.2. The van der Waals surface area contributed by atoms with Gasteiger partial charge in [-0.25, -0.2) is 4.98 Å². The predicted molar refractivity (Wildman–Crippen MR) is 79.0 cm³/mol. The van der Waals surface area contributed by atoms with Crippen molar-refractivity contribution in [1.29, 1.82) is 0 Å². The summed E-state index contributed by atoms with van der Waals surface area (Å²) >= 11 is 1.50. The second kappa shape index (κ2) is 7.38. The quantitative estimate of drug-likeness (QED) is 0.656. The van der Waals surface area contributed by atoms with Gasteiger partial charge in [-0.2, -0.15) is 0 Å². The maximum Gasteiger partial charge on any atom is 0.230 e. The summed E-state index contributed by atoms with van der Waals surface area (Å²) in [5, 5.41) is 3.14. The van der Waals surface area contributed by atoms with Crippen LogP contribution in [0, 0.1) is 0 Å². The number of anilines is 1. The average molecular weight is 279 g/mol. The Morgan fingerprint density at radius 2 is 2.05 bits per heavy atom. The van der Waals surface area contributed by atoms with E-state index in [0.29, 0.717) is 17.6 Å². The molecule has 1 aromatic heterocycles. The fraction of sp³-hybridized carbons (Fsp3) is 0.571. The minimum Gasteiger partial charge on any atom is -0.384 e. The summed E-state index contributed by atoms with van der Waals surface area (Å²) in [5.41, 5.74) is 5.52. The summed E-state index contributed by atoms with van der Waals surface area (Å²) in [6.45, 7) is 0. The molecule has 1 fully saturated rings. The molecule has 2 rings (SSSR count). The molecule has 0 unspecified atom stereocenters. The van der Waals surface area contributed by atoms with E-state index in [9.17, 15) is 4.79 Å². The van der Waals surface area contributed by atoms with Gasteiger partial charge in [0.05, 0.1) is 5.75 Å². The molecule has 1 aromatic rings. The first-order valence-electron chi connectivity index (χ1n) is 6.88. The van der Waals surface area contributed by atoms with Gasteiger partial charge in [0.2, 0.25) is 5.91 Å². The monoisotopic (exact) mass is 279 g/mol. The Bertz CT molecular complexity index is 400. The lowest BCUT2D eigenvalue weighted by Crippen LogP contribution is -2.35. The van der Waals surface area contributed by atoms with Gasteiger partial charge >= 0.3 is 0 Å². The van der Waals surface area contributed by atoms with Crippen LogP contribution < -0.4 is 11.1 Å². The molecule has 0 bridgehead atoms. The van der Waals surface area contributed by atoms with Crippen molar-refractivity contribution >= 4 is 23.5 Å². The first kappa shape index (κ1) is 14.2. The van der Waals surface area contributed by atoms with E-state index in [0.717, 1.165) is 17.7 Å². The number of carbonyl (C=O) groups excluding carboxylic acids is 1. The van der Waals surface area contributed by atoms with E-state index < -0.39 is 0 Å². The normalized spacial score (nSPS) is 16.8. The van der Waals surface area contributed by atoms with E-state index in [1.165, 1.54) is 37.4 Å². The number of pyridine rings is 1. The second-order valence-corrected chi connectivity index (χ2v) is 6.01. The van der Waals surface area contributed by atoms with Crippen molar-refractivity contribution in [3.8, 4) is 0 Å². The molecule has 0 saturated heterocycles. The number of nitrogens with zero attached hydrogens (tertiary/aromatic N) is 1. The Kier molecular flexibility index (Phi) is 5.51. The zero-order valence-electron chi connectivity index (χ0n) is 11.1. The standard InChI is InChI=1S/C14H21N3OS/c15-13-8-7-12(9-16-13)19-10-14(18)17-11-5-3-1-2-4-6-11/h7-9,11H,1-6,10H2,(H2,15,16)(H,17,18). The lowest BCUT2D eigenvalue weighted by atomic mass is 10.1. The van der Waals surface area contributed by atoms with E-state index in [4.69, 9.17) is 5.73 Å². The molecule has 3 N–H and O–H groups in total. The third kappa shape index (κ3) is 5.11. The number of nitrogens with one attached hydrogen (secondary N) is 1. The van der Waals surface area contributed by atoms with E-state index in [1.54, 1.807) is 12.3 Å². The van der Waals surface area contributed by atoms with E-state index in [-0.39, 0.29) is 5.91 Å². The molecule has 104 valence electrons. The van der Waals surface area contributed by atoms with Crippen LogP contribution in [-0.2, 0) is 4.79 Å². The van der Waals surface area contributed by atoms with Gasteiger partial charge in [-0.15, -0.1) is 11.8 Å². The third-order valence-electron chi connectivity index (χ3n) is 3.35. The van der Waals surface area contributed by atoms with Gasteiger partial charge < -0.3 is 11.1 Å². The average Bonchev–Trinajstić information content (AvgIpc) is 2.67. The molecular formula is C14H21N3OS. The highest BCUT2D eigenvalue weighted by Gasteiger charge is 2.14. The van der Waals surface area contributed by atoms with Crippen LogP contribution >= 0.6 is 11.8 Å². The molecule has 0 aromatic carbocycles. The van der Waals surface area contributed by atoms with Gasteiger partial charge in [-0.1, -0.05) is 25.7 Å². The Morgan fingerprint density at radius 3 is 2.68 bits per heavy atom. The summed E-state index contributed by atoms with van der Waals surface area (Å²) in [6.07, 6.45) is 9.04. The molecule has 0 spiro atoms. The number of nitrogens with two attached hydrogens (primary N) is 1. The summed E-state index contributed by atoms with van der Waals surface area (Å²) in [7, 11) is 0. The van der Waals surface area contributed by atoms with Gasteiger partial charge in [0, 0.05) is 17.1 Å². The minimum atomic E-state index is 0.119. The maximum atomic E-state index is 11.9. The fourth-order valence-electron chi connectivity index (χ4n) is 2.32. The molecule has 1 aliphatic rings. The number of nitrogen functional groups attached to an aromatic ring is 1. The van der Waals surface area contributed by atoms with E-state index in [1.807, 2.05) is 6.07 Å². The van der Waals surface area contributed by atoms with E-state index >= 15 is 0 Å². The Balaban J connectivity index is 1.73. The number of thioether (sulfide) groups is 1. The van der Waals surface area contributed by atoms with Gasteiger partial charge in [0.25, 0.3) is 0 Å². The van der Waals surface area contributed by atoms with Crippen molar-refractivity contribution in [1.82, 2.24) is 10.3 Å². The lowest BCUT2D eigenvalue weighted by Gasteiger charge is -2.15. The van der Waals surface area contributed by atoms with Crippen molar-refractivity contribution in [3.05, 3.63) is 18.3 Å². The molecule has 0 aliphatic heterocycles. The van der Waals surface area contributed by atoms with Crippen LogP contribution in [0.2, 0.25) is 0 Å². The topological polar surface area (TPSA) is 68.0 Å². The molecule has 4 nitrogen and oxygen atoms in total. The van der Waals surface area contributed by atoms with Gasteiger partial charge in [-0.3, -0.25) is 4.79 Å². The maximum absolute atomic E-state index is 11.9. The van der Waals surface area contributed by atoms with Crippen molar-refractivity contribution in [2.24, 2.45) is 0 Å². The number of rotatable bonds is 4. The fourth-order valence-corrected chi connectivity index (χ4v) is 2.99. The number of hydrogen-bond acceptors (Lipinski definition) is 4. The van der Waals surface area contributed by atoms with Crippen LogP contribution in [0.15, 0.2) is 23.2 Å². The van der Waals surface area contributed by atoms with Crippen molar-refractivity contribution in [3.63, 3.8) is 0 Å². The van der Waals surface area contributed by atoms with Crippen molar-refractivity contribution in [2.75, 3.05) is 11.5 Å². The van der Waals surface area contributed by atoms with Crippen LogP contribution in [-0.4, -0.2) is 22.7 Å². The zero-order chi connectivity index (χ0) is 13.5. The third-order valence-corrected chi connectivity index (χ3v) is 4.33. The summed E-state index contributed by atoms with van der Waals surface area (Å²) in [5.74, 6) is 1.07. The Labute approximate surface area is 118 Å². The highest BCUT2D eigenvalue weighted by Crippen LogP contribution is 2.19. The van der Waals surface area contributed by atoms with Crippen LogP contribution in [0.1, 0.15) is 38.5 Å². The summed E-state index contributed by atoms with van der Waals surface area (Å²) in [4.78, 5) is 16.9. The van der Waals surface area contributed by atoms with Crippen LogP contribution in [0.5, 0.6) is 0 Å². The summed E-state index contributed by atoms with van der Waals surface area (Å²) in [6, 6.07) is 4.03. The Morgan fingerprint density at radius 1 is 1.32 bits per heavy atom. The molecule has 1 amide bonds. The molecular weight excluding hydrogens is 258 g/mol. The van der Waals surface area contributed by atoms with Crippen LogP contribution in [0.3, 0.4) is 0 Å². The largest absolute Gasteiger partial charge is 0.384 e.